The Morgan fingerprint density at radius 1 is 1.21 bits per heavy atom. The van der Waals surface area contributed by atoms with Gasteiger partial charge >= 0.3 is 0 Å². The molecule has 1 N–H and O–H groups in total. The Labute approximate surface area is 140 Å². The SMILES string of the molecule is Cc1cc(NC2CCN(Cc3ccncc3)CC2)c2nncn2n1. The van der Waals surface area contributed by atoms with Crippen molar-refractivity contribution in [2.24, 2.45) is 0 Å². The third kappa shape index (κ3) is 3.21. The van der Waals surface area contributed by atoms with Crippen LogP contribution in [0.15, 0.2) is 36.9 Å². The van der Waals surface area contributed by atoms with Crippen LogP contribution in [0.4, 0.5) is 5.69 Å². The maximum atomic E-state index is 4.39. The summed E-state index contributed by atoms with van der Waals surface area (Å²) in [6.07, 6.45) is 7.60. The lowest BCUT2D eigenvalue weighted by molar-refractivity contribution is 0.211. The Hall–Kier alpha value is -2.54. The van der Waals surface area contributed by atoms with Crippen LogP contribution in [-0.4, -0.2) is 48.8 Å². The molecule has 24 heavy (non-hydrogen) atoms. The fourth-order valence-corrected chi connectivity index (χ4v) is 3.26. The van der Waals surface area contributed by atoms with Crippen molar-refractivity contribution in [3.05, 3.63) is 48.2 Å². The predicted octanol–water partition coefficient (Wildman–Crippen LogP) is 1.90. The minimum absolute atomic E-state index is 0.459. The van der Waals surface area contributed by atoms with E-state index in [4.69, 9.17) is 0 Å². The average Bonchev–Trinajstić information content (AvgIpc) is 3.06. The Kier molecular flexibility index (Phi) is 4.08. The number of pyridine rings is 1. The summed E-state index contributed by atoms with van der Waals surface area (Å²) in [4.78, 5) is 6.58. The summed E-state index contributed by atoms with van der Waals surface area (Å²) in [6, 6.07) is 6.69. The largest absolute Gasteiger partial charge is 0.379 e. The summed E-state index contributed by atoms with van der Waals surface area (Å²) in [5.74, 6) is 0. The van der Waals surface area contributed by atoms with Gasteiger partial charge < -0.3 is 5.32 Å². The molecule has 7 nitrogen and oxygen atoms in total. The Morgan fingerprint density at radius 3 is 2.79 bits per heavy atom. The third-order valence-corrected chi connectivity index (χ3v) is 4.49. The first kappa shape index (κ1) is 15.0. The normalized spacial score (nSPS) is 16.5. The lowest BCUT2D eigenvalue weighted by Gasteiger charge is -2.32. The number of hydrogen-bond donors (Lipinski definition) is 1. The van der Waals surface area contributed by atoms with E-state index in [1.807, 2.05) is 25.4 Å². The topological polar surface area (TPSA) is 71.2 Å². The molecule has 124 valence electrons. The lowest BCUT2D eigenvalue weighted by atomic mass is 10.0. The van der Waals surface area contributed by atoms with E-state index in [0.29, 0.717) is 6.04 Å². The first-order valence-electron chi connectivity index (χ1n) is 8.33. The van der Waals surface area contributed by atoms with Crippen LogP contribution in [0.2, 0.25) is 0 Å². The van der Waals surface area contributed by atoms with Gasteiger partial charge in [-0.25, -0.2) is 0 Å². The van der Waals surface area contributed by atoms with Crippen LogP contribution in [0.3, 0.4) is 0 Å². The summed E-state index contributed by atoms with van der Waals surface area (Å²) in [6.45, 7) is 5.17. The van der Waals surface area contributed by atoms with Crippen molar-refractivity contribution in [1.82, 2.24) is 29.7 Å². The summed E-state index contributed by atoms with van der Waals surface area (Å²) < 4.78 is 1.73. The van der Waals surface area contributed by atoms with Crippen LogP contribution in [0.5, 0.6) is 0 Å². The van der Waals surface area contributed by atoms with Crippen LogP contribution in [-0.2, 0) is 6.54 Å². The Balaban J connectivity index is 1.38. The van der Waals surface area contributed by atoms with Gasteiger partial charge in [0.2, 0.25) is 5.65 Å². The van der Waals surface area contributed by atoms with E-state index in [0.717, 1.165) is 49.5 Å². The summed E-state index contributed by atoms with van der Waals surface area (Å²) in [7, 11) is 0. The predicted molar refractivity (Wildman–Crippen MR) is 91.7 cm³/mol. The summed E-state index contributed by atoms with van der Waals surface area (Å²) in [5, 5.41) is 16.1. The number of hydrogen-bond acceptors (Lipinski definition) is 6. The molecule has 3 aromatic rings. The van der Waals surface area contributed by atoms with Gasteiger partial charge in [0.1, 0.15) is 6.33 Å². The molecule has 7 heteroatoms. The molecular formula is C17H21N7. The molecule has 1 aliphatic rings. The molecule has 0 amide bonds. The maximum absolute atomic E-state index is 4.39. The second-order valence-electron chi connectivity index (χ2n) is 6.35. The van der Waals surface area contributed by atoms with Gasteiger partial charge in [0.05, 0.1) is 11.4 Å². The van der Waals surface area contributed by atoms with Crippen molar-refractivity contribution in [3.8, 4) is 0 Å². The average molecular weight is 323 g/mol. The number of nitrogens with one attached hydrogen (secondary N) is 1. The highest BCUT2D eigenvalue weighted by Crippen LogP contribution is 2.21. The van der Waals surface area contributed by atoms with Gasteiger partial charge in [-0.1, -0.05) is 0 Å². The molecule has 0 bridgehead atoms. The van der Waals surface area contributed by atoms with Crippen LogP contribution in [0.1, 0.15) is 24.1 Å². The molecule has 0 saturated carbocycles. The molecule has 4 heterocycles. The number of anilines is 1. The second kappa shape index (κ2) is 6.52. The zero-order valence-electron chi connectivity index (χ0n) is 13.8. The minimum Gasteiger partial charge on any atom is -0.379 e. The molecule has 0 atom stereocenters. The van der Waals surface area contributed by atoms with Crippen molar-refractivity contribution in [1.29, 1.82) is 0 Å². The monoisotopic (exact) mass is 323 g/mol. The molecule has 0 unspecified atom stereocenters. The fourth-order valence-electron chi connectivity index (χ4n) is 3.26. The van der Waals surface area contributed by atoms with Crippen LogP contribution >= 0.6 is 0 Å². The number of nitrogens with zero attached hydrogens (tertiary/aromatic N) is 6. The maximum Gasteiger partial charge on any atom is 0.200 e. The molecular weight excluding hydrogens is 302 g/mol. The van der Waals surface area contributed by atoms with Crippen molar-refractivity contribution in [2.45, 2.75) is 32.4 Å². The molecule has 4 rings (SSSR count). The number of aromatic nitrogens is 5. The van der Waals surface area contributed by atoms with Crippen molar-refractivity contribution < 1.29 is 0 Å². The molecule has 3 aromatic heterocycles. The third-order valence-electron chi connectivity index (χ3n) is 4.49. The number of likely N-dealkylation sites (tertiary alicyclic amines) is 1. The van der Waals surface area contributed by atoms with Crippen LogP contribution in [0, 0.1) is 6.92 Å². The molecule has 1 fully saturated rings. The standard InChI is InChI=1S/C17H21N7/c1-13-10-16(17-21-19-12-24(17)22-13)20-15-4-8-23(9-5-15)11-14-2-6-18-7-3-14/h2-3,6-7,10,12,15,20H,4-5,8-9,11H2,1H3. The second-order valence-corrected chi connectivity index (χ2v) is 6.35. The highest BCUT2D eigenvalue weighted by atomic mass is 15.3. The van der Waals surface area contributed by atoms with E-state index in [1.54, 1.807) is 10.8 Å². The van der Waals surface area contributed by atoms with Gasteiger partial charge in [-0.15, -0.1) is 10.2 Å². The van der Waals surface area contributed by atoms with Gasteiger partial charge in [0.25, 0.3) is 0 Å². The van der Waals surface area contributed by atoms with Crippen molar-refractivity contribution in [2.75, 3.05) is 18.4 Å². The zero-order chi connectivity index (χ0) is 16.4. The molecule has 1 aliphatic heterocycles. The number of fused-ring (bicyclic) bond motifs is 1. The summed E-state index contributed by atoms with van der Waals surface area (Å²) >= 11 is 0. The Morgan fingerprint density at radius 2 is 2.00 bits per heavy atom. The van der Waals surface area contributed by atoms with E-state index in [-0.39, 0.29) is 0 Å². The number of aryl methyl sites for hydroxylation is 1. The zero-order valence-corrected chi connectivity index (χ0v) is 13.8. The molecule has 0 aromatic carbocycles. The van der Waals surface area contributed by atoms with Crippen molar-refractivity contribution in [3.63, 3.8) is 0 Å². The molecule has 1 saturated heterocycles. The highest BCUT2D eigenvalue weighted by molar-refractivity contribution is 5.66. The van der Waals surface area contributed by atoms with Crippen LogP contribution in [0.25, 0.3) is 5.65 Å². The Bertz CT molecular complexity index is 806. The molecule has 0 radical (unpaired) electrons. The lowest BCUT2D eigenvalue weighted by Crippen LogP contribution is -2.38. The van der Waals surface area contributed by atoms with Crippen LogP contribution < -0.4 is 5.32 Å². The van der Waals surface area contributed by atoms with E-state index < -0.39 is 0 Å². The first-order valence-corrected chi connectivity index (χ1v) is 8.33. The number of piperidine rings is 1. The minimum atomic E-state index is 0.459. The highest BCUT2D eigenvalue weighted by Gasteiger charge is 2.20. The smallest absolute Gasteiger partial charge is 0.200 e. The van der Waals surface area contributed by atoms with Gasteiger partial charge in [-0.2, -0.15) is 9.61 Å². The van der Waals surface area contributed by atoms with E-state index in [2.05, 4.69) is 42.6 Å². The van der Waals surface area contributed by atoms with Gasteiger partial charge in [-0.3, -0.25) is 9.88 Å². The quantitative estimate of drug-likeness (QED) is 0.791. The van der Waals surface area contributed by atoms with Gasteiger partial charge in [0.15, 0.2) is 0 Å². The van der Waals surface area contributed by atoms with E-state index >= 15 is 0 Å². The molecule has 0 spiro atoms. The van der Waals surface area contributed by atoms with Gasteiger partial charge in [0, 0.05) is 38.1 Å². The summed E-state index contributed by atoms with van der Waals surface area (Å²) in [5.41, 5.74) is 4.10. The first-order chi connectivity index (χ1) is 11.8. The molecule has 0 aliphatic carbocycles. The van der Waals surface area contributed by atoms with Crippen molar-refractivity contribution >= 4 is 11.3 Å². The number of rotatable bonds is 4. The van der Waals surface area contributed by atoms with E-state index in [9.17, 15) is 0 Å². The van der Waals surface area contributed by atoms with Gasteiger partial charge in [-0.05, 0) is 43.5 Å². The fraction of sp³-hybridized carbons (Fsp3) is 0.412. The van der Waals surface area contributed by atoms with E-state index in [1.165, 1.54) is 5.56 Å².